The third kappa shape index (κ3) is 4.39. The topological polar surface area (TPSA) is 98.2 Å². The molecule has 1 aromatic heterocycles. The molecule has 0 saturated heterocycles. The first-order valence-electron chi connectivity index (χ1n) is 5.73. The molecule has 0 aliphatic carbocycles. The summed E-state index contributed by atoms with van der Waals surface area (Å²) in [7, 11) is 0. The van der Waals surface area contributed by atoms with Gasteiger partial charge in [0.2, 0.25) is 5.91 Å². The van der Waals surface area contributed by atoms with E-state index >= 15 is 0 Å². The van der Waals surface area contributed by atoms with E-state index in [1.165, 1.54) is 11.3 Å². The minimum absolute atomic E-state index is 0.197. The van der Waals surface area contributed by atoms with E-state index in [9.17, 15) is 9.59 Å². The molecule has 5 nitrogen and oxygen atoms in total. The van der Waals surface area contributed by atoms with Gasteiger partial charge < -0.3 is 16.8 Å². The van der Waals surface area contributed by atoms with E-state index in [1.807, 2.05) is 0 Å². The summed E-state index contributed by atoms with van der Waals surface area (Å²) >= 11 is 1.28. The molecule has 0 bridgehead atoms. The summed E-state index contributed by atoms with van der Waals surface area (Å²) in [5.41, 5.74) is 9.74. The van der Waals surface area contributed by atoms with Crippen LogP contribution in [0.3, 0.4) is 0 Å². The highest BCUT2D eigenvalue weighted by Crippen LogP contribution is 2.16. The van der Waals surface area contributed by atoms with Crippen molar-refractivity contribution in [3.63, 3.8) is 0 Å². The maximum absolute atomic E-state index is 11.9. The predicted octanol–water partition coefficient (Wildman–Crippen LogP) is 0.300. The fourth-order valence-electron chi connectivity index (χ4n) is 1.14. The van der Waals surface area contributed by atoms with E-state index in [-0.39, 0.29) is 19.0 Å². The van der Waals surface area contributed by atoms with E-state index in [2.05, 4.69) is 17.2 Å². The molecule has 0 aliphatic heterocycles. The Balaban J connectivity index is 2.64. The molecule has 0 atom stereocenters. The maximum Gasteiger partial charge on any atom is 0.261 e. The largest absolute Gasteiger partial charge is 0.369 e. The van der Waals surface area contributed by atoms with Crippen LogP contribution in [0.4, 0.5) is 0 Å². The number of amides is 2. The second-order valence-corrected chi connectivity index (χ2v) is 5.68. The zero-order valence-electron chi connectivity index (χ0n) is 10.9. The van der Waals surface area contributed by atoms with E-state index in [0.29, 0.717) is 4.88 Å². The van der Waals surface area contributed by atoms with Gasteiger partial charge in [-0.05, 0) is 26.0 Å². The fraction of sp³-hybridized carbons (Fsp3) is 0.385. The van der Waals surface area contributed by atoms with Gasteiger partial charge in [0.05, 0.1) is 21.7 Å². The summed E-state index contributed by atoms with van der Waals surface area (Å²) in [6.45, 7) is 3.85. The Hall–Kier alpha value is -1.84. The number of hydrogen-bond acceptors (Lipinski definition) is 4. The SMILES string of the molecule is CC(C)(CNC(=O)c1ccc(C#CCN)s1)C(N)=O. The van der Waals surface area contributed by atoms with Crippen molar-refractivity contribution in [2.75, 3.05) is 13.1 Å². The van der Waals surface area contributed by atoms with Crippen molar-refractivity contribution in [3.8, 4) is 11.8 Å². The van der Waals surface area contributed by atoms with Crippen LogP contribution < -0.4 is 16.8 Å². The lowest BCUT2D eigenvalue weighted by atomic mass is 9.93. The van der Waals surface area contributed by atoms with Crippen LogP contribution in [0, 0.1) is 17.3 Å². The van der Waals surface area contributed by atoms with Gasteiger partial charge in [0.1, 0.15) is 0 Å². The van der Waals surface area contributed by atoms with Crippen molar-refractivity contribution in [1.29, 1.82) is 0 Å². The first kappa shape index (κ1) is 15.2. The van der Waals surface area contributed by atoms with Crippen LogP contribution in [0.1, 0.15) is 28.4 Å². The van der Waals surface area contributed by atoms with Gasteiger partial charge in [0.15, 0.2) is 0 Å². The third-order valence-corrected chi connectivity index (χ3v) is 3.50. The highest BCUT2D eigenvalue weighted by molar-refractivity contribution is 7.14. The minimum atomic E-state index is -0.769. The Bertz CT molecular complexity index is 538. The van der Waals surface area contributed by atoms with Crippen LogP contribution in [-0.4, -0.2) is 24.9 Å². The first-order valence-corrected chi connectivity index (χ1v) is 6.55. The molecular weight excluding hydrogens is 262 g/mol. The summed E-state index contributed by atoms with van der Waals surface area (Å²) < 4.78 is 0. The Kier molecular flexibility index (Phi) is 5.10. The van der Waals surface area contributed by atoms with Crippen LogP contribution in [-0.2, 0) is 4.79 Å². The summed E-state index contributed by atoms with van der Waals surface area (Å²) in [5.74, 6) is 4.90. The molecule has 0 aliphatic rings. The van der Waals surface area contributed by atoms with Gasteiger partial charge in [-0.1, -0.05) is 11.8 Å². The molecule has 0 radical (unpaired) electrons. The number of carbonyl (C=O) groups excluding carboxylic acids is 2. The molecule has 0 unspecified atom stereocenters. The lowest BCUT2D eigenvalue weighted by Gasteiger charge is -2.20. The van der Waals surface area contributed by atoms with E-state index in [0.717, 1.165) is 4.88 Å². The molecule has 102 valence electrons. The fourth-order valence-corrected chi connectivity index (χ4v) is 1.94. The van der Waals surface area contributed by atoms with Crippen molar-refractivity contribution in [1.82, 2.24) is 5.32 Å². The Labute approximate surface area is 116 Å². The van der Waals surface area contributed by atoms with Crippen molar-refractivity contribution in [3.05, 3.63) is 21.9 Å². The second-order valence-electron chi connectivity index (χ2n) is 4.60. The lowest BCUT2D eigenvalue weighted by molar-refractivity contribution is -0.125. The van der Waals surface area contributed by atoms with Crippen molar-refractivity contribution < 1.29 is 9.59 Å². The summed E-state index contributed by atoms with van der Waals surface area (Å²) in [5, 5.41) is 2.69. The molecule has 0 saturated carbocycles. The number of primary amides is 1. The molecule has 2 amide bonds. The van der Waals surface area contributed by atoms with Gasteiger partial charge in [-0.25, -0.2) is 0 Å². The number of hydrogen-bond donors (Lipinski definition) is 3. The van der Waals surface area contributed by atoms with Gasteiger partial charge >= 0.3 is 0 Å². The quantitative estimate of drug-likeness (QED) is 0.691. The normalized spacial score (nSPS) is 10.5. The lowest BCUT2D eigenvalue weighted by Crippen LogP contribution is -2.42. The van der Waals surface area contributed by atoms with Gasteiger partial charge in [-0.3, -0.25) is 9.59 Å². The summed E-state index contributed by atoms with van der Waals surface area (Å²) in [4.78, 5) is 24.3. The molecule has 5 N–H and O–H groups in total. The smallest absolute Gasteiger partial charge is 0.261 e. The average molecular weight is 279 g/mol. The standard InChI is InChI=1S/C13H17N3O2S/c1-13(2,12(15)18)8-16-11(17)10-6-5-9(19-10)4-3-7-14/h5-6H,7-8,14H2,1-2H3,(H2,15,18)(H,16,17). The number of rotatable bonds is 4. The molecule has 1 aromatic rings. The zero-order valence-corrected chi connectivity index (χ0v) is 11.8. The van der Waals surface area contributed by atoms with E-state index < -0.39 is 11.3 Å². The predicted molar refractivity (Wildman–Crippen MR) is 75.6 cm³/mol. The van der Waals surface area contributed by atoms with Crippen LogP contribution in [0.15, 0.2) is 12.1 Å². The van der Waals surface area contributed by atoms with Crippen molar-refractivity contribution >= 4 is 23.2 Å². The van der Waals surface area contributed by atoms with Gasteiger partial charge in [-0.15, -0.1) is 11.3 Å². The number of nitrogens with two attached hydrogens (primary N) is 2. The number of thiophene rings is 1. The van der Waals surface area contributed by atoms with Gasteiger partial charge in [-0.2, -0.15) is 0 Å². The molecule has 0 spiro atoms. The van der Waals surface area contributed by atoms with Crippen LogP contribution in [0.25, 0.3) is 0 Å². The van der Waals surface area contributed by atoms with Gasteiger partial charge in [0, 0.05) is 6.54 Å². The van der Waals surface area contributed by atoms with E-state index in [1.54, 1.807) is 26.0 Å². The highest BCUT2D eigenvalue weighted by Gasteiger charge is 2.25. The van der Waals surface area contributed by atoms with Crippen molar-refractivity contribution in [2.24, 2.45) is 16.9 Å². The summed E-state index contributed by atoms with van der Waals surface area (Å²) in [6, 6.07) is 3.46. The number of carbonyl (C=O) groups is 2. The minimum Gasteiger partial charge on any atom is -0.369 e. The van der Waals surface area contributed by atoms with Crippen molar-refractivity contribution in [2.45, 2.75) is 13.8 Å². The van der Waals surface area contributed by atoms with Crippen LogP contribution in [0.2, 0.25) is 0 Å². The highest BCUT2D eigenvalue weighted by atomic mass is 32.1. The molecular formula is C13H17N3O2S. The van der Waals surface area contributed by atoms with Crippen LogP contribution in [0.5, 0.6) is 0 Å². The molecule has 0 fully saturated rings. The van der Waals surface area contributed by atoms with E-state index in [4.69, 9.17) is 11.5 Å². The average Bonchev–Trinajstić information content (AvgIpc) is 2.82. The summed E-state index contributed by atoms with van der Waals surface area (Å²) in [6.07, 6.45) is 0. The Morgan fingerprint density at radius 1 is 1.42 bits per heavy atom. The molecule has 1 heterocycles. The Morgan fingerprint density at radius 3 is 2.68 bits per heavy atom. The second kappa shape index (κ2) is 6.36. The maximum atomic E-state index is 11.9. The van der Waals surface area contributed by atoms with Gasteiger partial charge in [0.25, 0.3) is 5.91 Å². The third-order valence-electron chi connectivity index (χ3n) is 2.50. The number of nitrogens with one attached hydrogen (secondary N) is 1. The Morgan fingerprint density at radius 2 is 2.11 bits per heavy atom. The molecule has 1 rings (SSSR count). The van der Waals surface area contributed by atoms with Crippen LogP contribution >= 0.6 is 11.3 Å². The zero-order chi connectivity index (χ0) is 14.5. The molecule has 19 heavy (non-hydrogen) atoms. The molecule has 0 aromatic carbocycles. The first-order chi connectivity index (χ1) is 8.86. The monoisotopic (exact) mass is 279 g/mol. The molecule has 6 heteroatoms.